The molecule has 0 aromatic carbocycles. The molecule has 1 aliphatic rings. The van der Waals surface area contributed by atoms with Crippen LogP contribution in [0.15, 0.2) is 0 Å². The molecule has 0 heterocycles. The Morgan fingerprint density at radius 2 is 1.81 bits per heavy atom. The maximum absolute atomic E-state index is 12.3. The molecule has 0 radical (unpaired) electrons. The summed E-state index contributed by atoms with van der Waals surface area (Å²) >= 11 is 0. The Morgan fingerprint density at radius 3 is 2.29 bits per heavy atom. The summed E-state index contributed by atoms with van der Waals surface area (Å²) in [5.74, 6) is 2.27. The van der Waals surface area contributed by atoms with Crippen LogP contribution in [0.2, 0.25) is 0 Å². The van der Waals surface area contributed by atoms with Crippen LogP contribution >= 0.6 is 0 Å². The number of hydrogen-bond donors (Lipinski definition) is 0. The molecule has 0 aromatic rings. The smallest absolute Gasteiger partial charge is 0.137 e. The first-order valence-corrected chi connectivity index (χ1v) is 9.06. The first kappa shape index (κ1) is 18.7. The van der Waals surface area contributed by atoms with Crippen LogP contribution in [0.25, 0.3) is 0 Å². The summed E-state index contributed by atoms with van der Waals surface area (Å²) < 4.78 is 0. The van der Waals surface area contributed by atoms with Gasteiger partial charge in [0.25, 0.3) is 0 Å². The maximum atomic E-state index is 12.3. The molecule has 0 aliphatic heterocycles. The summed E-state index contributed by atoms with van der Waals surface area (Å²) in [5, 5.41) is 0. The molecule has 1 saturated carbocycles. The van der Waals surface area contributed by atoms with Crippen molar-refractivity contribution in [1.82, 2.24) is 4.90 Å². The van der Waals surface area contributed by atoms with Crippen LogP contribution < -0.4 is 0 Å². The molecule has 2 atom stereocenters. The Labute approximate surface area is 132 Å². The van der Waals surface area contributed by atoms with Gasteiger partial charge in [0.15, 0.2) is 0 Å². The van der Waals surface area contributed by atoms with Gasteiger partial charge in [0.2, 0.25) is 0 Å². The summed E-state index contributed by atoms with van der Waals surface area (Å²) in [6.45, 7) is 17.0. The van der Waals surface area contributed by atoms with Crippen molar-refractivity contribution in [3.8, 4) is 0 Å². The largest absolute Gasteiger partial charge is 0.303 e. The standard InChI is InChI=1S/C19H37NO/c1-7-15(8-2)13-20(9-3)14-16-12-17(19(4,5)6)10-11-18(16)21/h15-17H,7-14H2,1-6H3. The molecule has 0 amide bonds. The molecular weight excluding hydrogens is 258 g/mol. The number of carbonyl (C=O) groups excluding carboxylic acids is 1. The van der Waals surface area contributed by atoms with Gasteiger partial charge in [0.05, 0.1) is 0 Å². The number of hydrogen-bond acceptors (Lipinski definition) is 2. The minimum Gasteiger partial charge on any atom is -0.303 e. The van der Waals surface area contributed by atoms with Crippen molar-refractivity contribution < 1.29 is 4.79 Å². The highest BCUT2D eigenvalue weighted by atomic mass is 16.1. The van der Waals surface area contributed by atoms with E-state index in [1.54, 1.807) is 0 Å². The molecule has 124 valence electrons. The van der Waals surface area contributed by atoms with E-state index in [2.05, 4.69) is 46.4 Å². The predicted octanol–water partition coefficient (Wildman–Crippen LogP) is 4.78. The van der Waals surface area contributed by atoms with Gasteiger partial charge in [0.1, 0.15) is 5.78 Å². The van der Waals surface area contributed by atoms with Crippen LogP contribution in [0.1, 0.15) is 73.6 Å². The second-order valence-electron chi connectivity index (χ2n) is 8.04. The highest BCUT2D eigenvalue weighted by Gasteiger charge is 2.35. The van der Waals surface area contributed by atoms with Gasteiger partial charge in [-0.3, -0.25) is 4.79 Å². The van der Waals surface area contributed by atoms with Gasteiger partial charge in [-0.05, 0) is 36.6 Å². The topological polar surface area (TPSA) is 20.3 Å². The molecule has 21 heavy (non-hydrogen) atoms. The Balaban J connectivity index is 2.62. The molecule has 1 aliphatic carbocycles. The van der Waals surface area contributed by atoms with Gasteiger partial charge < -0.3 is 4.90 Å². The van der Waals surface area contributed by atoms with Crippen molar-refractivity contribution in [3.05, 3.63) is 0 Å². The number of nitrogens with zero attached hydrogens (tertiary/aromatic N) is 1. The fourth-order valence-electron chi connectivity index (χ4n) is 3.63. The predicted molar refractivity (Wildman–Crippen MR) is 91.5 cm³/mol. The van der Waals surface area contributed by atoms with Crippen molar-refractivity contribution >= 4 is 5.78 Å². The normalized spacial score (nSPS) is 24.1. The van der Waals surface area contributed by atoms with Crippen LogP contribution in [0.3, 0.4) is 0 Å². The summed E-state index contributed by atoms with van der Waals surface area (Å²) in [6.07, 6.45) is 5.49. The van der Waals surface area contributed by atoms with E-state index in [4.69, 9.17) is 0 Å². The second kappa shape index (κ2) is 8.31. The van der Waals surface area contributed by atoms with E-state index in [1.807, 2.05) is 0 Å². The third-order valence-electron chi connectivity index (χ3n) is 5.59. The maximum Gasteiger partial charge on any atom is 0.137 e. The minimum absolute atomic E-state index is 0.275. The van der Waals surface area contributed by atoms with E-state index >= 15 is 0 Å². The van der Waals surface area contributed by atoms with Gasteiger partial charge in [-0.25, -0.2) is 0 Å². The van der Waals surface area contributed by atoms with Gasteiger partial charge >= 0.3 is 0 Å². The molecule has 0 saturated heterocycles. The zero-order chi connectivity index (χ0) is 16.0. The number of rotatable bonds is 7. The summed E-state index contributed by atoms with van der Waals surface area (Å²) in [7, 11) is 0. The van der Waals surface area contributed by atoms with Crippen molar-refractivity contribution in [2.75, 3.05) is 19.6 Å². The second-order valence-corrected chi connectivity index (χ2v) is 8.04. The van der Waals surface area contributed by atoms with Gasteiger partial charge in [0, 0.05) is 25.4 Å². The lowest BCUT2D eigenvalue weighted by Gasteiger charge is -2.39. The van der Waals surface area contributed by atoms with E-state index in [0.29, 0.717) is 17.1 Å². The average Bonchev–Trinajstić information content (AvgIpc) is 2.44. The lowest BCUT2D eigenvalue weighted by molar-refractivity contribution is -0.127. The third kappa shape index (κ3) is 5.73. The third-order valence-corrected chi connectivity index (χ3v) is 5.59. The lowest BCUT2D eigenvalue weighted by atomic mass is 9.68. The van der Waals surface area contributed by atoms with Crippen LogP contribution in [0, 0.1) is 23.2 Å². The minimum atomic E-state index is 0.275. The average molecular weight is 296 g/mol. The number of Topliss-reactive ketones (excluding diaryl/α,β-unsaturated/α-hetero) is 1. The summed E-state index contributed by atoms with van der Waals surface area (Å²) in [5.41, 5.74) is 0.339. The molecule has 2 unspecified atom stereocenters. The molecule has 1 rings (SSSR count). The molecule has 2 heteroatoms. The zero-order valence-corrected chi connectivity index (χ0v) is 15.2. The Kier molecular flexibility index (Phi) is 7.39. The van der Waals surface area contributed by atoms with E-state index < -0.39 is 0 Å². The van der Waals surface area contributed by atoms with Gasteiger partial charge in [-0.15, -0.1) is 0 Å². The lowest BCUT2D eigenvalue weighted by Crippen LogP contribution is -2.40. The van der Waals surface area contributed by atoms with Gasteiger partial charge in [-0.2, -0.15) is 0 Å². The SMILES string of the molecule is CCC(CC)CN(CC)CC1CC(C(C)(C)C)CCC1=O. The quantitative estimate of drug-likeness (QED) is 0.674. The Morgan fingerprint density at radius 1 is 1.19 bits per heavy atom. The van der Waals surface area contributed by atoms with Gasteiger partial charge in [-0.1, -0.05) is 54.4 Å². The fourth-order valence-corrected chi connectivity index (χ4v) is 3.63. The van der Waals surface area contributed by atoms with E-state index in [0.717, 1.165) is 44.8 Å². The molecule has 0 aromatic heterocycles. The summed E-state index contributed by atoms with van der Waals surface area (Å²) in [6, 6.07) is 0. The van der Waals surface area contributed by atoms with Crippen LogP contribution in [-0.4, -0.2) is 30.3 Å². The van der Waals surface area contributed by atoms with Crippen molar-refractivity contribution in [2.45, 2.75) is 73.6 Å². The fraction of sp³-hybridized carbons (Fsp3) is 0.947. The molecule has 2 nitrogen and oxygen atoms in total. The van der Waals surface area contributed by atoms with E-state index in [9.17, 15) is 4.79 Å². The first-order chi connectivity index (χ1) is 9.81. The molecular formula is C19H37NO. The zero-order valence-electron chi connectivity index (χ0n) is 15.2. The Hall–Kier alpha value is -0.370. The van der Waals surface area contributed by atoms with E-state index in [-0.39, 0.29) is 5.92 Å². The molecule has 1 fully saturated rings. The van der Waals surface area contributed by atoms with Crippen LogP contribution in [-0.2, 0) is 4.79 Å². The van der Waals surface area contributed by atoms with Crippen molar-refractivity contribution in [1.29, 1.82) is 0 Å². The van der Waals surface area contributed by atoms with Crippen molar-refractivity contribution in [3.63, 3.8) is 0 Å². The van der Waals surface area contributed by atoms with Crippen molar-refractivity contribution in [2.24, 2.45) is 23.2 Å². The highest BCUT2D eigenvalue weighted by Crippen LogP contribution is 2.39. The number of ketones is 1. The monoisotopic (exact) mass is 295 g/mol. The first-order valence-electron chi connectivity index (χ1n) is 9.06. The molecule has 0 N–H and O–H groups in total. The molecule has 0 spiro atoms. The van der Waals surface area contributed by atoms with Crippen LogP contribution in [0.5, 0.6) is 0 Å². The summed E-state index contributed by atoms with van der Waals surface area (Å²) in [4.78, 5) is 14.8. The van der Waals surface area contributed by atoms with Crippen LogP contribution in [0.4, 0.5) is 0 Å². The van der Waals surface area contributed by atoms with E-state index in [1.165, 1.54) is 12.8 Å². The Bertz CT molecular complexity index is 314. The molecule has 0 bridgehead atoms. The number of carbonyl (C=O) groups is 1. The highest BCUT2D eigenvalue weighted by molar-refractivity contribution is 5.82.